The summed E-state index contributed by atoms with van der Waals surface area (Å²) < 4.78 is 0. The van der Waals surface area contributed by atoms with Crippen LogP contribution in [0.15, 0.2) is 30.3 Å². The van der Waals surface area contributed by atoms with Crippen LogP contribution in [0.1, 0.15) is 12.5 Å². The highest BCUT2D eigenvalue weighted by Gasteiger charge is 2.10. The molecule has 4 N–H and O–H groups in total. The predicted molar refractivity (Wildman–Crippen MR) is 48.1 cm³/mol. The normalized spacial score (nSPS) is 15.6. The molecule has 0 spiro atoms. The second-order valence-electron chi connectivity index (χ2n) is 2.99. The molecule has 0 aliphatic carbocycles. The molecule has 1 atom stereocenters. The van der Waals surface area contributed by atoms with Gasteiger partial charge in [-0.15, -0.1) is 0 Å². The van der Waals surface area contributed by atoms with Crippen LogP contribution in [0.2, 0.25) is 0 Å². The molecule has 1 rings (SSSR count). The molecule has 1 aromatic carbocycles. The van der Waals surface area contributed by atoms with Crippen molar-refractivity contribution < 1.29 is 5.11 Å². The van der Waals surface area contributed by atoms with Crippen molar-refractivity contribution in [2.75, 3.05) is 0 Å². The zero-order valence-electron chi connectivity index (χ0n) is 7.12. The molecule has 0 aromatic heterocycles. The molecule has 0 bridgehead atoms. The Bertz CT molecular complexity index is 228. The zero-order valence-corrected chi connectivity index (χ0v) is 7.12. The van der Waals surface area contributed by atoms with E-state index in [1.54, 1.807) is 0 Å². The Balaban J connectivity index is 2.44. The summed E-state index contributed by atoms with van der Waals surface area (Å²) in [6, 6.07) is 9.78. The van der Waals surface area contributed by atoms with E-state index in [0.717, 1.165) is 5.56 Å². The molecular formula is C9H14N2O. The average Bonchev–Trinajstić information content (AvgIpc) is 2.02. The second kappa shape index (κ2) is 3.67. The van der Waals surface area contributed by atoms with Crippen LogP contribution < -0.4 is 11.1 Å². The van der Waals surface area contributed by atoms with Crippen LogP contribution in [-0.2, 0) is 6.54 Å². The maximum absolute atomic E-state index is 9.15. The molecule has 3 heteroatoms. The first kappa shape index (κ1) is 9.19. The maximum Gasteiger partial charge on any atom is 0.166 e. The number of rotatable bonds is 3. The Morgan fingerprint density at radius 3 is 2.50 bits per heavy atom. The molecule has 0 aliphatic heterocycles. The van der Waals surface area contributed by atoms with Gasteiger partial charge in [0.1, 0.15) is 0 Å². The lowest BCUT2D eigenvalue weighted by Crippen LogP contribution is -2.50. The molecule has 0 saturated carbocycles. The molecule has 0 amide bonds. The third-order valence-electron chi connectivity index (χ3n) is 1.49. The minimum atomic E-state index is -1.30. The summed E-state index contributed by atoms with van der Waals surface area (Å²) in [5, 5.41) is 11.9. The standard InChI is InChI=1S/C9H14N2O/c1-9(10,12)11-7-8-5-3-2-4-6-8/h2-6,11-12H,7,10H2,1H3. The van der Waals surface area contributed by atoms with Gasteiger partial charge in [0.25, 0.3) is 0 Å². The Kier molecular flexibility index (Phi) is 2.81. The molecule has 66 valence electrons. The highest BCUT2D eigenvalue weighted by Crippen LogP contribution is 1.98. The quantitative estimate of drug-likeness (QED) is 0.570. The van der Waals surface area contributed by atoms with Crippen molar-refractivity contribution in [3.63, 3.8) is 0 Å². The lowest BCUT2D eigenvalue weighted by molar-refractivity contribution is 0.0288. The first-order chi connectivity index (χ1) is 5.58. The number of benzene rings is 1. The molecule has 0 radical (unpaired) electrons. The summed E-state index contributed by atoms with van der Waals surface area (Å²) in [4.78, 5) is 0. The van der Waals surface area contributed by atoms with Gasteiger partial charge in [-0.2, -0.15) is 0 Å². The lowest BCUT2D eigenvalue weighted by Gasteiger charge is -2.18. The van der Waals surface area contributed by atoms with Crippen molar-refractivity contribution in [2.24, 2.45) is 5.73 Å². The minimum Gasteiger partial charge on any atom is -0.363 e. The molecular weight excluding hydrogens is 152 g/mol. The van der Waals surface area contributed by atoms with Crippen LogP contribution in [0.3, 0.4) is 0 Å². The molecule has 1 unspecified atom stereocenters. The van der Waals surface area contributed by atoms with Gasteiger partial charge in [-0.25, -0.2) is 0 Å². The molecule has 0 heterocycles. The van der Waals surface area contributed by atoms with Crippen molar-refractivity contribution >= 4 is 0 Å². The van der Waals surface area contributed by atoms with Crippen molar-refractivity contribution in [2.45, 2.75) is 19.3 Å². The molecule has 0 saturated heterocycles. The first-order valence-corrected chi connectivity index (χ1v) is 3.88. The monoisotopic (exact) mass is 166 g/mol. The summed E-state index contributed by atoms with van der Waals surface area (Å²) in [6.07, 6.45) is 0. The van der Waals surface area contributed by atoms with Crippen LogP contribution in [-0.4, -0.2) is 11.0 Å². The van der Waals surface area contributed by atoms with E-state index in [1.165, 1.54) is 6.92 Å². The van der Waals surface area contributed by atoms with Gasteiger partial charge in [0.05, 0.1) is 0 Å². The van der Waals surface area contributed by atoms with E-state index in [9.17, 15) is 0 Å². The number of nitrogens with two attached hydrogens (primary N) is 1. The van der Waals surface area contributed by atoms with Crippen molar-refractivity contribution in [1.29, 1.82) is 0 Å². The van der Waals surface area contributed by atoms with Gasteiger partial charge in [-0.3, -0.25) is 11.1 Å². The van der Waals surface area contributed by atoms with E-state index < -0.39 is 5.85 Å². The second-order valence-corrected chi connectivity index (χ2v) is 2.99. The number of nitrogens with one attached hydrogen (secondary N) is 1. The highest BCUT2D eigenvalue weighted by atomic mass is 16.3. The fourth-order valence-electron chi connectivity index (χ4n) is 0.877. The van der Waals surface area contributed by atoms with E-state index in [1.807, 2.05) is 30.3 Å². The Labute approximate surface area is 72.2 Å². The lowest BCUT2D eigenvalue weighted by atomic mass is 10.2. The van der Waals surface area contributed by atoms with E-state index in [-0.39, 0.29) is 0 Å². The van der Waals surface area contributed by atoms with E-state index >= 15 is 0 Å². The van der Waals surface area contributed by atoms with Crippen LogP contribution in [0, 0.1) is 0 Å². The summed E-state index contributed by atoms with van der Waals surface area (Å²) in [6.45, 7) is 2.08. The SMILES string of the molecule is CC(N)(O)NCc1ccccc1. The van der Waals surface area contributed by atoms with Crippen molar-refractivity contribution in [3.05, 3.63) is 35.9 Å². The smallest absolute Gasteiger partial charge is 0.166 e. The first-order valence-electron chi connectivity index (χ1n) is 3.88. The Hall–Kier alpha value is -0.900. The molecule has 3 nitrogen and oxygen atoms in total. The fraction of sp³-hybridized carbons (Fsp3) is 0.333. The van der Waals surface area contributed by atoms with Crippen molar-refractivity contribution in [1.82, 2.24) is 5.32 Å². The molecule has 0 fully saturated rings. The zero-order chi connectivity index (χ0) is 9.03. The van der Waals surface area contributed by atoms with Crippen molar-refractivity contribution in [3.8, 4) is 0 Å². The van der Waals surface area contributed by atoms with Crippen LogP contribution in [0.4, 0.5) is 0 Å². The summed E-state index contributed by atoms with van der Waals surface area (Å²) in [5.41, 5.74) is 6.43. The maximum atomic E-state index is 9.15. The number of aliphatic hydroxyl groups is 1. The minimum absolute atomic E-state index is 0.574. The van der Waals surface area contributed by atoms with E-state index in [0.29, 0.717) is 6.54 Å². The molecule has 12 heavy (non-hydrogen) atoms. The van der Waals surface area contributed by atoms with E-state index in [2.05, 4.69) is 5.32 Å². The van der Waals surface area contributed by atoms with Gasteiger partial charge in [0.15, 0.2) is 5.85 Å². The molecule has 1 aromatic rings. The third kappa shape index (κ3) is 3.48. The predicted octanol–water partition coefficient (Wildman–Crippen LogP) is 0.401. The highest BCUT2D eigenvalue weighted by molar-refractivity contribution is 5.14. The fourth-order valence-corrected chi connectivity index (χ4v) is 0.877. The van der Waals surface area contributed by atoms with Gasteiger partial charge >= 0.3 is 0 Å². The van der Waals surface area contributed by atoms with Gasteiger partial charge in [-0.05, 0) is 12.5 Å². The van der Waals surface area contributed by atoms with Gasteiger partial charge in [0, 0.05) is 6.54 Å². The third-order valence-corrected chi connectivity index (χ3v) is 1.49. The molecule has 0 aliphatic rings. The van der Waals surface area contributed by atoms with Gasteiger partial charge in [-0.1, -0.05) is 30.3 Å². The summed E-state index contributed by atoms with van der Waals surface area (Å²) in [5.74, 6) is -1.30. The van der Waals surface area contributed by atoms with Gasteiger partial charge in [0.2, 0.25) is 0 Å². The Morgan fingerprint density at radius 2 is 2.00 bits per heavy atom. The Morgan fingerprint density at radius 1 is 1.42 bits per heavy atom. The van der Waals surface area contributed by atoms with Crippen LogP contribution in [0.25, 0.3) is 0 Å². The summed E-state index contributed by atoms with van der Waals surface area (Å²) in [7, 11) is 0. The topological polar surface area (TPSA) is 58.3 Å². The largest absolute Gasteiger partial charge is 0.363 e. The average molecular weight is 166 g/mol. The summed E-state index contributed by atoms with van der Waals surface area (Å²) >= 11 is 0. The number of hydrogen-bond donors (Lipinski definition) is 3. The number of hydrogen-bond acceptors (Lipinski definition) is 3. The van der Waals surface area contributed by atoms with E-state index in [4.69, 9.17) is 10.8 Å². The van der Waals surface area contributed by atoms with Crippen LogP contribution >= 0.6 is 0 Å². The van der Waals surface area contributed by atoms with Crippen LogP contribution in [0.5, 0.6) is 0 Å². The van der Waals surface area contributed by atoms with Gasteiger partial charge < -0.3 is 5.11 Å².